The summed E-state index contributed by atoms with van der Waals surface area (Å²) in [5, 5.41) is 19.5. The van der Waals surface area contributed by atoms with Gasteiger partial charge in [-0.15, -0.1) is 0 Å². The van der Waals surface area contributed by atoms with Crippen molar-refractivity contribution in [2.45, 2.75) is 20.8 Å². The molecule has 4 aromatic rings. The van der Waals surface area contributed by atoms with Gasteiger partial charge in [-0.3, -0.25) is 9.59 Å². The summed E-state index contributed by atoms with van der Waals surface area (Å²) in [6, 6.07) is 18.4. The summed E-state index contributed by atoms with van der Waals surface area (Å²) in [5.41, 5.74) is 6.01. The first-order chi connectivity index (χ1) is 19.3. The van der Waals surface area contributed by atoms with E-state index in [1.165, 1.54) is 0 Å². The Kier molecular flexibility index (Phi) is 7.57. The molecule has 2 heterocycles. The van der Waals surface area contributed by atoms with Crippen molar-refractivity contribution in [1.29, 1.82) is 0 Å². The molecule has 5 rings (SSSR count). The van der Waals surface area contributed by atoms with Crippen molar-refractivity contribution in [1.82, 2.24) is 15.2 Å². The van der Waals surface area contributed by atoms with Gasteiger partial charge in [0.15, 0.2) is 5.69 Å². The van der Waals surface area contributed by atoms with Gasteiger partial charge in [0.25, 0.3) is 17.6 Å². The summed E-state index contributed by atoms with van der Waals surface area (Å²) in [7, 11) is 1.62. The van der Waals surface area contributed by atoms with Gasteiger partial charge in [-0.2, -0.15) is 0 Å². The lowest BCUT2D eigenvalue weighted by atomic mass is 9.93. The Hall–Kier alpha value is -4.63. The van der Waals surface area contributed by atoms with Crippen LogP contribution in [0.4, 0.5) is 5.69 Å². The van der Waals surface area contributed by atoms with E-state index >= 15 is 0 Å². The molecule has 0 spiro atoms. The number of benzene rings is 3. The molecule has 0 saturated carbocycles. The van der Waals surface area contributed by atoms with Crippen LogP contribution in [0.25, 0.3) is 22.5 Å². The second-order valence-electron chi connectivity index (χ2n) is 10.0. The number of rotatable bonds is 6. The number of aromatic nitrogens is 2. The maximum atomic E-state index is 13.5. The van der Waals surface area contributed by atoms with Crippen LogP contribution in [0.5, 0.6) is 5.75 Å². The van der Waals surface area contributed by atoms with Crippen molar-refractivity contribution in [3.8, 4) is 28.3 Å². The second kappa shape index (κ2) is 11.2. The van der Waals surface area contributed by atoms with Crippen LogP contribution in [0, 0.1) is 26.0 Å². The lowest BCUT2D eigenvalue weighted by Gasteiger charge is -2.27. The number of carbonyl (C=O) groups excluding carboxylic acids is 2. The zero-order valence-electron chi connectivity index (χ0n) is 23.1. The number of aromatic amines is 1. The molecule has 1 fully saturated rings. The number of amides is 2. The number of H-pyrrole nitrogens is 1. The van der Waals surface area contributed by atoms with E-state index < -0.39 is 5.91 Å². The Labute approximate surface area is 233 Å². The van der Waals surface area contributed by atoms with Crippen LogP contribution in [0.15, 0.2) is 60.7 Å². The van der Waals surface area contributed by atoms with E-state index in [4.69, 9.17) is 4.74 Å². The van der Waals surface area contributed by atoms with Crippen molar-refractivity contribution in [3.63, 3.8) is 0 Å². The van der Waals surface area contributed by atoms with Gasteiger partial charge < -0.3 is 25.5 Å². The molecule has 3 N–H and O–H groups in total. The molecule has 206 valence electrons. The van der Waals surface area contributed by atoms with E-state index in [2.05, 4.69) is 15.6 Å². The Morgan fingerprint density at radius 1 is 0.975 bits per heavy atom. The van der Waals surface area contributed by atoms with Crippen LogP contribution >= 0.6 is 0 Å². The highest BCUT2D eigenvalue weighted by molar-refractivity contribution is 6.04. The highest BCUT2D eigenvalue weighted by Gasteiger charge is 2.27. The number of hydrogen-bond acceptors (Lipinski definition) is 5. The zero-order chi connectivity index (χ0) is 28.4. The van der Waals surface area contributed by atoms with E-state index in [1.54, 1.807) is 49.3 Å². The monoisotopic (exact) mass is 539 g/mol. The average molecular weight is 540 g/mol. The Balaban J connectivity index is 1.44. The predicted molar refractivity (Wildman–Crippen MR) is 155 cm³/mol. The summed E-state index contributed by atoms with van der Waals surface area (Å²) < 4.78 is 6.26. The van der Waals surface area contributed by atoms with Crippen LogP contribution in [0.1, 0.15) is 37.7 Å². The van der Waals surface area contributed by atoms with Crippen LogP contribution in [0.2, 0.25) is 0 Å². The minimum atomic E-state index is -0.565. The first-order valence-corrected chi connectivity index (χ1v) is 13.3. The highest BCUT2D eigenvalue weighted by atomic mass is 16.5. The van der Waals surface area contributed by atoms with Gasteiger partial charge in [0.2, 0.25) is 5.69 Å². The molecule has 9 heteroatoms. The van der Waals surface area contributed by atoms with Crippen molar-refractivity contribution >= 4 is 17.5 Å². The van der Waals surface area contributed by atoms with Gasteiger partial charge in [0.1, 0.15) is 5.75 Å². The SMILES string of the molecule is COc1ccc(-c2[nH]c(C)c(C(=O)Nc3cccc(C(=O)N4CCNCC4)c3)[n+]2[O-])cc1-c1c(C)cccc1C. The van der Waals surface area contributed by atoms with Gasteiger partial charge in [-0.1, -0.05) is 24.3 Å². The van der Waals surface area contributed by atoms with Crippen molar-refractivity contribution in [2.75, 3.05) is 38.6 Å². The minimum Gasteiger partial charge on any atom is -0.710 e. The number of methoxy groups -OCH3 is 1. The maximum absolute atomic E-state index is 13.5. The van der Waals surface area contributed by atoms with Crippen LogP contribution < -0.4 is 20.1 Å². The molecule has 2 amide bonds. The topological polar surface area (TPSA) is 113 Å². The summed E-state index contributed by atoms with van der Waals surface area (Å²) in [6.45, 7) is 8.53. The summed E-state index contributed by atoms with van der Waals surface area (Å²) in [4.78, 5) is 31.1. The summed E-state index contributed by atoms with van der Waals surface area (Å²) >= 11 is 0. The highest BCUT2D eigenvalue weighted by Crippen LogP contribution is 2.37. The standard InChI is InChI=1S/C31H33N5O4/c1-19-7-5-8-20(2)27(19)25-18-22(11-12-26(25)40-4)29-33-21(3)28(36(29)39)30(37)34-24-10-6-9-23(17-24)31(38)35-15-13-32-14-16-35/h5-12,17-18,32-33H,13-16H2,1-4H3,(H,34,37). The number of nitrogens with zero attached hydrogens (tertiary/aromatic N) is 2. The molecular formula is C31H33N5O4. The third-order valence-corrected chi connectivity index (χ3v) is 7.28. The Morgan fingerprint density at radius 2 is 1.68 bits per heavy atom. The molecule has 0 aliphatic carbocycles. The number of nitrogens with one attached hydrogen (secondary N) is 3. The normalized spacial score (nSPS) is 13.2. The summed E-state index contributed by atoms with van der Waals surface area (Å²) in [5.74, 6) is 0.288. The smallest absolute Gasteiger partial charge is 0.300 e. The predicted octanol–water partition coefficient (Wildman–Crippen LogP) is 4.21. The van der Waals surface area contributed by atoms with Crippen LogP contribution in [-0.2, 0) is 0 Å². The van der Waals surface area contributed by atoms with Crippen LogP contribution in [0.3, 0.4) is 0 Å². The van der Waals surface area contributed by atoms with Crippen LogP contribution in [-0.4, -0.2) is 55.0 Å². The fourth-order valence-corrected chi connectivity index (χ4v) is 5.26. The quantitative estimate of drug-likeness (QED) is 0.251. The molecule has 1 aliphatic heterocycles. The molecule has 0 unspecified atom stereocenters. The molecule has 0 radical (unpaired) electrons. The Bertz CT molecular complexity index is 1570. The number of piperazine rings is 1. The average Bonchev–Trinajstić information content (AvgIpc) is 3.26. The molecular weight excluding hydrogens is 506 g/mol. The number of ether oxygens (including phenoxy) is 1. The van der Waals surface area contributed by atoms with E-state index in [0.29, 0.717) is 46.1 Å². The molecule has 40 heavy (non-hydrogen) atoms. The fourth-order valence-electron chi connectivity index (χ4n) is 5.26. The molecule has 1 saturated heterocycles. The number of hydrogen-bond donors (Lipinski definition) is 3. The first kappa shape index (κ1) is 27.0. The first-order valence-electron chi connectivity index (χ1n) is 13.3. The lowest BCUT2D eigenvalue weighted by Crippen LogP contribution is -2.46. The fraction of sp³-hybridized carbons (Fsp3) is 0.258. The molecule has 3 aromatic carbocycles. The van der Waals surface area contributed by atoms with Gasteiger partial charge in [0.05, 0.1) is 12.7 Å². The van der Waals surface area contributed by atoms with Gasteiger partial charge in [-0.25, -0.2) is 9.71 Å². The molecule has 1 aliphatic rings. The number of imidazole rings is 1. The van der Waals surface area contributed by atoms with Crippen molar-refractivity contribution < 1.29 is 19.1 Å². The van der Waals surface area contributed by atoms with Gasteiger partial charge in [-0.05, 0) is 66.9 Å². The van der Waals surface area contributed by atoms with E-state index in [9.17, 15) is 14.8 Å². The molecule has 1 aromatic heterocycles. The number of anilines is 1. The Morgan fingerprint density at radius 3 is 2.38 bits per heavy atom. The zero-order valence-corrected chi connectivity index (χ0v) is 23.1. The second-order valence-corrected chi connectivity index (χ2v) is 10.0. The maximum Gasteiger partial charge on any atom is 0.300 e. The van der Waals surface area contributed by atoms with E-state index in [0.717, 1.165) is 35.3 Å². The third kappa shape index (κ3) is 5.15. The number of carbonyl (C=O) groups is 2. The largest absolute Gasteiger partial charge is 0.710 e. The van der Waals surface area contributed by atoms with Crippen molar-refractivity contribution in [2.24, 2.45) is 0 Å². The van der Waals surface area contributed by atoms with Gasteiger partial charge in [0, 0.05) is 49.9 Å². The minimum absolute atomic E-state index is 0.0433. The van der Waals surface area contributed by atoms with E-state index in [1.807, 2.05) is 44.2 Å². The molecule has 9 nitrogen and oxygen atoms in total. The molecule has 0 bridgehead atoms. The molecule has 0 atom stereocenters. The van der Waals surface area contributed by atoms with Crippen molar-refractivity contribution in [3.05, 3.63) is 93.9 Å². The third-order valence-electron chi connectivity index (χ3n) is 7.28. The lowest BCUT2D eigenvalue weighted by molar-refractivity contribution is -0.594. The van der Waals surface area contributed by atoms with Gasteiger partial charge >= 0.3 is 0 Å². The summed E-state index contributed by atoms with van der Waals surface area (Å²) in [6.07, 6.45) is 0. The number of aryl methyl sites for hydroxylation is 3. The van der Waals surface area contributed by atoms with E-state index in [-0.39, 0.29) is 17.4 Å².